The number of rotatable bonds is 8. The number of carboxylic acid groups (broad SMARTS) is 2. The summed E-state index contributed by atoms with van der Waals surface area (Å²) in [7, 11) is 0. The predicted molar refractivity (Wildman–Crippen MR) is 193 cm³/mol. The number of amides is 4. The molecule has 0 unspecified atom stereocenters. The Hall–Kier alpha value is -3.64. The van der Waals surface area contributed by atoms with Crippen molar-refractivity contribution in [3.63, 3.8) is 0 Å². The number of phenolic OH excluding ortho intramolecular Hbond substituents is 2. The molecule has 22 heteroatoms. The van der Waals surface area contributed by atoms with E-state index < -0.39 is 92.1 Å². The number of benzene rings is 2. The molecule has 4 heterocycles. The molecule has 4 fully saturated rings. The first-order valence-corrected chi connectivity index (χ1v) is 17.2. The monoisotopic (exact) mass is 808 g/mol. The van der Waals surface area contributed by atoms with Gasteiger partial charge in [-0.15, -0.1) is 23.5 Å². The van der Waals surface area contributed by atoms with E-state index in [1.807, 2.05) is 0 Å². The van der Waals surface area contributed by atoms with Crippen molar-refractivity contribution >= 4 is 59.1 Å². The maximum atomic E-state index is 12.3. The Morgan fingerprint density at radius 2 is 0.944 bits per heavy atom. The molecule has 6 rings (SSSR count). The van der Waals surface area contributed by atoms with Gasteiger partial charge in [0, 0.05) is 9.49 Å². The molecule has 2 aromatic carbocycles. The molecule has 4 aliphatic heterocycles. The summed E-state index contributed by atoms with van der Waals surface area (Å²) in [6.45, 7) is 7.07. The van der Waals surface area contributed by atoms with Crippen LogP contribution >= 0.6 is 23.5 Å². The van der Waals surface area contributed by atoms with Gasteiger partial charge in [-0.05, 0) is 63.1 Å². The molecule has 2 aromatic rings. The molecule has 4 saturated heterocycles. The first-order valence-electron chi connectivity index (χ1n) is 15.4. The van der Waals surface area contributed by atoms with E-state index in [4.69, 9.17) is 11.5 Å². The molecule has 16 N–H and O–H groups in total. The van der Waals surface area contributed by atoms with Crippen LogP contribution in [0.4, 0.5) is 0 Å². The molecule has 294 valence electrons. The Labute approximate surface area is 341 Å². The molecule has 0 radical (unpaired) electrons. The smallest absolute Gasteiger partial charge is 1.00 e. The average molecular weight is 809 g/mol. The number of phenols is 2. The minimum Gasteiger partial charge on any atom is -1.00 e. The number of carboxylic acids is 2. The normalized spacial score (nSPS) is 26.0. The number of nitrogens with two attached hydrogens (primary N) is 2. The third-order valence-electron chi connectivity index (χ3n) is 9.01. The van der Waals surface area contributed by atoms with Crippen molar-refractivity contribution in [3.05, 3.63) is 59.7 Å². The Bertz CT molecular complexity index is 1620. The standard InChI is InChI=1S/2C16H19N3O5S.Na.3H2O.H/c2*1-16(2)11(15(23)24)19-13(22)10(14(19)25-16)18-12(21)9(17)7-3-5-8(20)6-4-7;;;;;/h2*3-6,9-11,14,20H,17H2,1-2H3,(H,18,21)(H,23,24);;3*1H2;/q;;+1;;;;-1/t2*9-,10-,11+,14-;;;;;/m11...../s1. The molecule has 19 nitrogen and oxygen atoms in total. The number of carbonyl (C=O) groups is 6. The topological polar surface area (TPSA) is 360 Å². The molecule has 0 saturated carbocycles. The number of carbonyl (C=O) groups excluding carboxylic acids is 4. The molecule has 4 amide bonds. The molecular weight excluding hydrogens is 764 g/mol. The van der Waals surface area contributed by atoms with Gasteiger partial charge in [-0.3, -0.25) is 19.2 Å². The van der Waals surface area contributed by atoms with E-state index in [1.54, 1.807) is 27.7 Å². The summed E-state index contributed by atoms with van der Waals surface area (Å²) in [6.07, 6.45) is 0. The minimum absolute atomic E-state index is 0. The fourth-order valence-electron chi connectivity index (χ4n) is 6.44. The van der Waals surface area contributed by atoms with Crippen LogP contribution in [0, 0.1) is 0 Å². The number of β-lactam (4-membered cyclic amide) rings is 2. The van der Waals surface area contributed by atoms with Gasteiger partial charge < -0.3 is 70.2 Å². The number of hydrogen-bond acceptors (Lipinski definition) is 12. The van der Waals surface area contributed by atoms with E-state index in [0.717, 1.165) is 0 Å². The van der Waals surface area contributed by atoms with Gasteiger partial charge in [0.05, 0.1) is 0 Å². The largest absolute Gasteiger partial charge is 1.00 e. The number of thioether (sulfide) groups is 2. The first kappa shape index (κ1) is 48.4. The Kier molecular flexibility index (Phi) is 16.0. The van der Waals surface area contributed by atoms with Gasteiger partial charge in [0.15, 0.2) is 0 Å². The van der Waals surface area contributed by atoms with Gasteiger partial charge in [-0.1, -0.05) is 24.3 Å². The van der Waals surface area contributed by atoms with E-state index in [2.05, 4.69) is 10.6 Å². The van der Waals surface area contributed by atoms with Crippen LogP contribution in [0.15, 0.2) is 48.5 Å². The van der Waals surface area contributed by atoms with Crippen LogP contribution < -0.4 is 51.7 Å². The van der Waals surface area contributed by atoms with Crippen molar-refractivity contribution in [2.24, 2.45) is 11.5 Å². The molecule has 0 bridgehead atoms. The second-order valence-electron chi connectivity index (χ2n) is 13.3. The van der Waals surface area contributed by atoms with Crippen LogP contribution in [0.5, 0.6) is 11.5 Å². The number of hydrogen-bond donors (Lipinski definition) is 8. The summed E-state index contributed by atoms with van der Waals surface area (Å²) in [4.78, 5) is 74.9. The summed E-state index contributed by atoms with van der Waals surface area (Å²) in [5.74, 6) is -3.88. The maximum absolute atomic E-state index is 12.3. The van der Waals surface area contributed by atoms with Crippen molar-refractivity contribution < 1.29 is 96.6 Å². The number of aliphatic carboxylic acids is 2. The van der Waals surface area contributed by atoms with Crippen LogP contribution in [0.3, 0.4) is 0 Å². The molecule has 0 aromatic heterocycles. The average Bonchev–Trinajstić information content (AvgIpc) is 3.47. The fourth-order valence-corrected chi connectivity index (χ4v) is 9.69. The molecular formula is C32H45N6NaO13S2. The quantitative estimate of drug-likeness (QED) is 0.0913. The summed E-state index contributed by atoms with van der Waals surface area (Å²) >= 11 is 2.71. The van der Waals surface area contributed by atoms with Crippen molar-refractivity contribution in [2.45, 2.75) is 84.2 Å². The van der Waals surface area contributed by atoms with Crippen molar-refractivity contribution in [2.75, 3.05) is 0 Å². The summed E-state index contributed by atoms with van der Waals surface area (Å²) in [6, 6.07) is 6.41. The van der Waals surface area contributed by atoms with E-state index in [-0.39, 0.29) is 58.9 Å². The van der Waals surface area contributed by atoms with Crippen LogP contribution in [0.2, 0.25) is 0 Å². The Balaban J connectivity index is 0.000000972. The molecule has 8 atom stereocenters. The number of fused-ring (bicyclic) bond motifs is 2. The van der Waals surface area contributed by atoms with Crippen LogP contribution in [0.1, 0.15) is 52.3 Å². The molecule has 4 aliphatic rings. The van der Waals surface area contributed by atoms with Crippen LogP contribution in [0.25, 0.3) is 0 Å². The maximum Gasteiger partial charge on any atom is 1.00 e. The van der Waals surface area contributed by atoms with Crippen LogP contribution in [-0.2, 0) is 28.8 Å². The number of aromatic hydroxyl groups is 2. The van der Waals surface area contributed by atoms with Crippen molar-refractivity contribution in [1.82, 2.24) is 20.4 Å². The fraction of sp³-hybridized carbons (Fsp3) is 0.438. The second kappa shape index (κ2) is 17.9. The van der Waals surface area contributed by atoms with Crippen molar-refractivity contribution in [1.29, 1.82) is 0 Å². The van der Waals surface area contributed by atoms with Gasteiger partial charge in [-0.2, -0.15) is 0 Å². The van der Waals surface area contributed by atoms with E-state index in [1.165, 1.54) is 81.9 Å². The second-order valence-corrected chi connectivity index (χ2v) is 16.8. The Morgan fingerprint density at radius 1 is 0.667 bits per heavy atom. The summed E-state index contributed by atoms with van der Waals surface area (Å²) < 4.78 is -1.30. The molecule has 0 aliphatic carbocycles. The van der Waals surface area contributed by atoms with Crippen molar-refractivity contribution in [3.8, 4) is 11.5 Å². The molecule has 54 heavy (non-hydrogen) atoms. The SMILES string of the molecule is CC1(C)S[C@@H]2[C@H](NC(=O)[C@H](N)c3ccc(O)cc3)C(=O)N2[C@H]1C(=O)O.CC1(C)S[C@@H]2[C@H](NC(=O)[C@H](N)c3ccc(O)cc3)C(=O)N2[C@H]1C(=O)O.O.O.O.[H-].[Na+]. The predicted octanol–water partition coefficient (Wildman–Crippen LogP) is -5.31. The third kappa shape index (κ3) is 8.91. The number of nitrogens with zero attached hydrogens (tertiary/aromatic N) is 2. The van der Waals surface area contributed by atoms with Gasteiger partial charge in [0.25, 0.3) is 0 Å². The zero-order chi connectivity index (χ0) is 37.0. The van der Waals surface area contributed by atoms with Gasteiger partial charge >= 0.3 is 41.5 Å². The Morgan fingerprint density at radius 3 is 1.20 bits per heavy atom. The molecule has 0 spiro atoms. The first-order chi connectivity index (χ1) is 23.3. The van der Waals surface area contributed by atoms with E-state index in [0.29, 0.717) is 11.1 Å². The van der Waals surface area contributed by atoms with Gasteiger partial charge in [0.1, 0.15) is 58.5 Å². The zero-order valence-corrected chi connectivity index (χ0v) is 33.5. The van der Waals surface area contributed by atoms with E-state index >= 15 is 0 Å². The van der Waals surface area contributed by atoms with E-state index in [9.17, 15) is 49.2 Å². The minimum atomic E-state index is -1.06. The summed E-state index contributed by atoms with van der Waals surface area (Å²) in [5.41, 5.74) is 12.8. The third-order valence-corrected chi connectivity index (χ3v) is 12.2. The number of nitrogens with one attached hydrogen (secondary N) is 2. The zero-order valence-electron chi connectivity index (χ0n) is 30.8. The van der Waals surface area contributed by atoms with Gasteiger partial charge in [-0.25, -0.2) is 9.59 Å². The van der Waals surface area contributed by atoms with Gasteiger partial charge in [0.2, 0.25) is 23.6 Å². The van der Waals surface area contributed by atoms with Crippen LogP contribution in [-0.4, -0.2) is 127 Å². The summed E-state index contributed by atoms with van der Waals surface area (Å²) in [5, 5.41) is 41.7.